The van der Waals surface area contributed by atoms with E-state index < -0.39 is 0 Å². The highest BCUT2D eigenvalue weighted by atomic mass is 32.1. The van der Waals surface area contributed by atoms with E-state index in [1.807, 2.05) is 11.3 Å². The molecule has 0 saturated carbocycles. The van der Waals surface area contributed by atoms with Crippen LogP contribution in [0.2, 0.25) is 0 Å². The molecule has 1 rings (SSSR count). The molecule has 0 radical (unpaired) electrons. The van der Waals surface area contributed by atoms with Gasteiger partial charge >= 0.3 is 0 Å². The highest BCUT2D eigenvalue weighted by Crippen LogP contribution is 2.17. The fourth-order valence-corrected chi connectivity index (χ4v) is 2.09. The largest absolute Gasteiger partial charge is 0.313 e. The van der Waals surface area contributed by atoms with Crippen LogP contribution in [0.5, 0.6) is 0 Å². The molecule has 0 bridgehead atoms. The minimum absolute atomic E-state index is 0.979. The van der Waals surface area contributed by atoms with E-state index in [0.717, 1.165) is 19.5 Å². The molecular weight excluding hydrogens is 190 g/mol. The maximum Gasteiger partial charge on any atom is 0.0270 e. The standard InChI is InChI=1S/C12H19NS/c1-3-9-13-10-5-6-12-8-7-11(4-2)14-12/h5-8,13H,3-4,9-10H2,1-2H3. The van der Waals surface area contributed by atoms with Gasteiger partial charge in [0.05, 0.1) is 0 Å². The van der Waals surface area contributed by atoms with Gasteiger partial charge in [-0.25, -0.2) is 0 Å². The van der Waals surface area contributed by atoms with Crippen molar-refractivity contribution in [2.45, 2.75) is 26.7 Å². The van der Waals surface area contributed by atoms with Gasteiger partial charge in [-0.1, -0.05) is 19.9 Å². The molecule has 14 heavy (non-hydrogen) atoms. The van der Waals surface area contributed by atoms with Gasteiger partial charge in [-0.3, -0.25) is 0 Å². The lowest BCUT2D eigenvalue weighted by molar-refractivity contribution is 0.730. The Kier molecular flexibility index (Phi) is 5.57. The third kappa shape index (κ3) is 4.07. The molecule has 78 valence electrons. The summed E-state index contributed by atoms with van der Waals surface area (Å²) >= 11 is 1.88. The predicted molar refractivity (Wildman–Crippen MR) is 65.9 cm³/mol. The Bertz CT molecular complexity index is 276. The normalized spacial score (nSPS) is 11.3. The minimum Gasteiger partial charge on any atom is -0.313 e. The Morgan fingerprint density at radius 3 is 2.86 bits per heavy atom. The minimum atomic E-state index is 0.979. The van der Waals surface area contributed by atoms with E-state index in [1.165, 1.54) is 16.2 Å². The first kappa shape index (κ1) is 11.5. The first-order valence-electron chi connectivity index (χ1n) is 5.32. The summed E-state index contributed by atoms with van der Waals surface area (Å²) in [7, 11) is 0. The number of hydrogen-bond acceptors (Lipinski definition) is 2. The number of rotatable bonds is 6. The summed E-state index contributed by atoms with van der Waals surface area (Å²) in [6.07, 6.45) is 6.74. The van der Waals surface area contributed by atoms with Crippen LogP contribution in [-0.2, 0) is 6.42 Å². The summed E-state index contributed by atoms with van der Waals surface area (Å²) in [5.74, 6) is 0. The second-order valence-corrected chi connectivity index (χ2v) is 4.46. The van der Waals surface area contributed by atoms with Gasteiger partial charge in [0.25, 0.3) is 0 Å². The van der Waals surface area contributed by atoms with Crippen LogP contribution < -0.4 is 5.32 Å². The van der Waals surface area contributed by atoms with Crippen LogP contribution in [0, 0.1) is 0 Å². The van der Waals surface area contributed by atoms with E-state index in [9.17, 15) is 0 Å². The summed E-state index contributed by atoms with van der Waals surface area (Å²) < 4.78 is 0. The Hall–Kier alpha value is -0.600. The molecule has 0 saturated heterocycles. The van der Waals surface area contributed by atoms with Gasteiger partial charge in [-0.15, -0.1) is 11.3 Å². The van der Waals surface area contributed by atoms with Gasteiger partial charge < -0.3 is 5.32 Å². The molecule has 0 spiro atoms. The Balaban J connectivity index is 2.28. The van der Waals surface area contributed by atoms with E-state index >= 15 is 0 Å². The highest BCUT2D eigenvalue weighted by Gasteiger charge is 1.93. The van der Waals surface area contributed by atoms with Crippen LogP contribution in [0.4, 0.5) is 0 Å². The van der Waals surface area contributed by atoms with Crippen molar-refractivity contribution in [1.82, 2.24) is 5.32 Å². The van der Waals surface area contributed by atoms with Gasteiger partial charge in [0.15, 0.2) is 0 Å². The third-order valence-electron chi connectivity index (χ3n) is 2.00. The first-order chi connectivity index (χ1) is 6.86. The monoisotopic (exact) mass is 209 g/mol. The molecule has 0 aliphatic carbocycles. The van der Waals surface area contributed by atoms with Crippen molar-refractivity contribution in [2.75, 3.05) is 13.1 Å². The maximum absolute atomic E-state index is 3.34. The third-order valence-corrected chi connectivity index (χ3v) is 3.20. The van der Waals surface area contributed by atoms with E-state index in [1.54, 1.807) is 0 Å². The number of hydrogen-bond donors (Lipinski definition) is 1. The summed E-state index contributed by atoms with van der Waals surface area (Å²) in [4.78, 5) is 2.83. The second-order valence-electron chi connectivity index (χ2n) is 3.26. The second kappa shape index (κ2) is 6.80. The molecule has 1 nitrogen and oxygen atoms in total. The lowest BCUT2D eigenvalue weighted by Gasteiger charge is -1.95. The summed E-state index contributed by atoms with van der Waals surface area (Å²) in [5.41, 5.74) is 0. The lowest BCUT2D eigenvalue weighted by atomic mass is 10.3. The Labute approximate surface area is 90.9 Å². The average Bonchev–Trinajstić information content (AvgIpc) is 2.65. The molecule has 0 aliphatic heterocycles. The fourth-order valence-electron chi connectivity index (χ4n) is 1.21. The van der Waals surface area contributed by atoms with Crippen molar-refractivity contribution in [2.24, 2.45) is 0 Å². The quantitative estimate of drug-likeness (QED) is 0.709. The molecule has 0 amide bonds. The molecule has 0 atom stereocenters. The van der Waals surface area contributed by atoms with Gasteiger partial charge in [0.1, 0.15) is 0 Å². The summed E-state index contributed by atoms with van der Waals surface area (Å²) in [6.45, 7) is 6.47. The topological polar surface area (TPSA) is 12.0 Å². The average molecular weight is 209 g/mol. The molecule has 1 aromatic rings. The first-order valence-corrected chi connectivity index (χ1v) is 6.14. The number of aryl methyl sites for hydroxylation is 1. The SMILES string of the molecule is CCCNCC=Cc1ccc(CC)s1. The van der Waals surface area contributed by atoms with Gasteiger partial charge in [0, 0.05) is 16.3 Å². The molecule has 1 aromatic heterocycles. The highest BCUT2D eigenvalue weighted by molar-refractivity contribution is 7.12. The van der Waals surface area contributed by atoms with Crippen molar-refractivity contribution in [1.29, 1.82) is 0 Å². The van der Waals surface area contributed by atoms with Crippen molar-refractivity contribution >= 4 is 17.4 Å². The molecule has 2 heteroatoms. The van der Waals surface area contributed by atoms with Crippen LogP contribution >= 0.6 is 11.3 Å². The number of nitrogens with one attached hydrogen (secondary N) is 1. The van der Waals surface area contributed by atoms with Crippen molar-refractivity contribution in [3.05, 3.63) is 28.0 Å². The van der Waals surface area contributed by atoms with Crippen LogP contribution in [0.15, 0.2) is 18.2 Å². The van der Waals surface area contributed by atoms with Crippen molar-refractivity contribution in [3.8, 4) is 0 Å². The van der Waals surface area contributed by atoms with E-state index in [0.29, 0.717) is 0 Å². The molecule has 0 fully saturated rings. The van der Waals surface area contributed by atoms with Gasteiger partial charge in [-0.05, 0) is 37.6 Å². The summed E-state index contributed by atoms with van der Waals surface area (Å²) in [5, 5.41) is 3.34. The van der Waals surface area contributed by atoms with Crippen molar-refractivity contribution in [3.63, 3.8) is 0 Å². The molecule has 0 aliphatic rings. The molecule has 0 unspecified atom stereocenters. The zero-order chi connectivity index (χ0) is 10.2. The predicted octanol–water partition coefficient (Wildman–Crippen LogP) is 3.32. The van der Waals surface area contributed by atoms with E-state index in [-0.39, 0.29) is 0 Å². The number of thiophene rings is 1. The molecular formula is C12H19NS. The van der Waals surface area contributed by atoms with Gasteiger partial charge in [-0.2, -0.15) is 0 Å². The van der Waals surface area contributed by atoms with Crippen LogP contribution in [0.3, 0.4) is 0 Å². The maximum atomic E-state index is 3.34. The van der Waals surface area contributed by atoms with Crippen LogP contribution in [-0.4, -0.2) is 13.1 Å². The fraction of sp³-hybridized carbons (Fsp3) is 0.500. The molecule has 1 heterocycles. The Morgan fingerprint density at radius 1 is 1.36 bits per heavy atom. The molecule has 1 N–H and O–H groups in total. The van der Waals surface area contributed by atoms with E-state index in [2.05, 4.69) is 43.4 Å². The smallest absolute Gasteiger partial charge is 0.0270 e. The van der Waals surface area contributed by atoms with E-state index in [4.69, 9.17) is 0 Å². The lowest BCUT2D eigenvalue weighted by Crippen LogP contribution is -2.13. The summed E-state index contributed by atoms with van der Waals surface area (Å²) in [6, 6.07) is 4.41. The zero-order valence-electron chi connectivity index (χ0n) is 9.05. The Morgan fingerprint density at radius 2 is 2.21 bits per heavy atom. The van der Waals surface area contributed by atoms with Crippen LogP contribution in [0.25, 0.3) is 6.08 Å². The van der Waals surface area contributed by atoms with Crippen molar-refractivity contribution < 1.29 is 0 Å². The zero-order valence-corrected chi connectivity index (χ0v) is 9.86. The molecule has 0 aromatic carbocycles. The van der Waals surface area contributed by atoms with Gasteiger partial charge in [0.2, 0.25) is 0 Å². The van der Waals surface area contributed by atoms with Crippen LogP contribution in [0.1, 0.15) is 30.0 Å².